The Morgan fingerprint density at radius 2 is 2.00 bits per heavy atom. The summed E-state index contributed by atoms with van der Waals surface area (Å²) in [4.78, 5) is 2.36. The fourth-order valence-corrected chi connectivity index (χ4v) is 5.23. The van der Waals surface area contributed by atoms with E-state index in [9.17, 15) is 8.42 Å². The van der Waals surface area contributed by atoms with Crippen LogP contribution in [0.4, 0.5) is 0 Å². The van der Waals surface area contributed by atoms with Crippen molar-refractivity contribution in [1.29, 1.82) is 0 Å². The highest BCUT2D eigenvalue weighted by Crippen LogP contribution is 2.40. The molecule has 1 aliphatic carbocycles. The molecule has 1 aliphatic heterocycles. The van der Waals surface area contributed by atoms with E-state index in [1.807, 2.05) is 6.92 Å². The van der Waals surface area contributed by atoms with Crippen molar-refractivity contribution in [2.24, 2.45) is 5.41 Å². The largest absolute Gasteiger partial charge is 0.298 e. The van der Waals surface area contributed by atoms with Crippen LogP contribution in [-0.2, 0) is 9.84 Å². The average molecular weight is 277 g/mol. The number of thiol groups is 1. The lowest BCUT2D eigenvalue weighted by molar-refractivity contribution is 0.143. The van der Waals surface area contributed by atoms with E-state index in [0.717, 1.165) is 12.3 Å². The van der Waals surface area contributed by atoms with E-state index < -0.39 is 9.84 Å². The van der Waals surface area contributed by atoms with Gasteiger partial charge >= 0.3 is 0 Å². The second-order valence-electron chi connectivity index (χ2n) is 5.80. The van der Waals surface area contributed by atoms with Crippen LogP contribution in [0.5, 0.6) is 0 Å². The standard InChI is InChI=1S/C12H23NO2S2/c1-11-8-17(14,15)7-6-13(11)9-12(10-16)4-2-3-5-12/h11,16H,2-10H2,1H3. The molecular formula is C12H23NO2S2. The summed E-state index contributed by atoms with van der Waals surface area (Å²) in [7, 11) is -2.79. The summed E-state index contributed by atoms with van der Waals surface area (Å²) < 4.78 is 23.1. The highest BCUT2D eigenvalue weighted by atomic mass is 32.2. The van der Waals surface area contributed by atoms with Gasteiger partial charge in [0.05, 0.1) is 11.5 Å². The molecule has 0 aromatic heterocycles. The smallest absolute Gasteiger partial charge is 0.153 e. The molecule has 0 N–H and O–H groups in total. The molecule has 1 unspecified atom stereocenters. The summed E-state index contributed by atoms with van der Waals surface area (Å²) in [6, 6.07) is 0.172. The van der Waals surface area contributed by atoms with Gasteiger partial charge in [0.25, 0.3) is 0 Å². The average Bonchev–Trinajstić information content (AvgIpc) is 2.71. The Morgan fingerprint density at radius 1 is 1.35 bits per heavy atom. The van der Waals surface area contributed by atoms with Gasteiger partial charge in [0.2, 0.25) is 0 Å². The SMILES string of the molecule is CC1CS(=O)(=O)CCN1CC1(CS)CCCC1. The molecule has 1 heterocycles. The van der Waals surface area contributed by atoms with Crippen molar-refractivity contribution in [3.63, 3.8) is 0 Å². The van der Waals surface area contributed by atoms with Gasteiger partial charge in [-0.2, -0.15) is 12.6 Å². The Bertz CT molecular complexity index is 361. The van der Waals surface area contributed by atoms with Crippen LogP contribution in [0.3, 0.4) is 0 Å². The van der Waals surface area contributed by atoms with Gasteiger partial charge in [-0.25, -0.2) is 8.42 Å². The first-order chi connectivity index (χ1) is 7.96. The van der Waals surface area contributed by atoms with E-state index in [1.54, 1.807) is 0 Å². The van der Waals surface area contributed by atoms with E-state index >= 15 is 0 Å². The second-order valence-corrected chi connectivity index (χ2v) is 8.34. The number of rotatable bonds is 3. The Morgan fingerprint density at radius 3 is 2.53 bits per heavy atom. The van der Waals surface area contributed by atoms with Crippen LogP contribution in [-0.4, -0.2) is 49.7 Å². The van der Waals surface area contributed by atoms with Gasteiger partial charge in [-0.3, -0.25) is 4.90 Å². The van der Waals surface area contributed by atoms with Crippen LogP contribution in [0.15, 0.2) is 0 Å². The molecule has 0 aromatic rings. The molecule has 0 aromatic carbocycles. The molecule has 5 heteroatoms. The zero-order valence-electron chi connectivity index (χ0n) is 10.6. The Labute approximate surface area is 110 Å². The molecular weight excluding hydrogens is 254 g/mol. The first-order valence-corrected chi connectivity index (χ1v) is 8.97. The normalized spacial score (nSPS) is 32.7. The van der Waals surface area contributed by atoms with Crippen molar-refractivity contribution in [2.75, 3.05) is 30.3 Å². The third-order valence-electron chi connectivity index (χ3n) is 4.35. The maximum absolute atomic E-state index is 11.6. The summed E-state index contributed by atoms with van der Waals surface area (Å²) in [5.41, 5.74) is 0.346. The third kappa shape index (κ3) is 3.18. The van der Waals surface area contributed by atoms with E-state index in [1.165, 1.54) is 25.7 Å². The fourth-order valence-electron chi connectivity index (χ4n) is 3.19. The monoisotopic (exact) mass is 277 g/mol. The van der Waals surface area contributed by atoms with Gasteiger partial charge in [-0.05, 0) is 30.9 Å². The molecule has 0 spiro atoms. The lowest BCUT2D eigenvalue weighted by Gasteiger charge is -2.40. The quantitative estimate of drug-likeness (QED) is 0.796. The lowest BCUT2D eigenvalue weighted by Crippen LogP contribution is -2.51. The Kier molecular flexibility index (Phi) is 4.10. The number of hydrogen-bond acceptors (Lipinski definition) is 4. The van der Waals surface area contributed by atoms with Gasteiger partial charge in [-0.1, -0.05) is 12.8 Å². The van der Waals surface area contributed by atoms with Crippen molar-refractivity contribution in [1.82, 2.24) is 4.90 Å². The van der Waals surface area contributed by atoms with E-state index in [0.29, 0.717) is 23.5 Å². The molecule has 0 amide bonds. The topological polar surface area (TPSA) is 37.4 Å². The van der Waals surface area contributed by atoms with Gasteiger partial charge in [0, 0.05) is 19.1 Å². The highest BCUT2D eigenvalue weighted by Gasteiger charge is 2.37. The van der Waals surface area contributed by atoms with E-state index in [4.69, 9.17) is 0 Å². The van der Waals surface area contributed by atoms with E-state index in [-0.39, 0.29) is 6.04 Å². The predicted molar refractivity (Wildman–Crippen MR) is 74.4 cm³/mol. The van der Waals surface area contributed by atoms with Crippen LogP contribution in [0.2, 0.25) is 0 Å². The van der Waals surface area contributed by atoms with Crippen molar-refractivity contribution in [3.8, 4) is 0 Å². The number of nitrogens with zero attached hydrogens (tertiary/aromatic N) is 1. The maximum Gasteiger partial charge on any atom is 0.153 e. The molecule has 0 radical (unpaired) electrons. The lowest BCUT2D eigenvalue weighted by atomic mass is 9.87. The minimum Gasteiger partial charge on any atom is -0.298 e. The van der Waals surface area contributed by atoms with Crippen molar-refractivity contribution < 1.29 is 8.42 Å². The predicted octanol–water partition coefficient (Wildman–Crippen LogP) is 1.60. The summed E-state index contributed by atoms with van der Waals surface area (Å²) in [6.07, 6.45) is 5.13. The molecule has 0 bridgehead atoms. The molecule has 2 fully saturated rings. The molecule has 17 heavy (non-hydrogen) atoms. The molecule has 3 nitrogen and oxygen atoms in total. The number of sulfone groups is 1. The Balaban J connectivity index is 1.99. The highest BCUT2D eigenvalue weighted by molar-refractivity contribution is 7.91. The van der Waals surface area contributed by atoms with Crippen molar-refractivity contribution >= 4 is 22.5 Å². The van der Waals surface area contributed by atoms with Crippen LogP contribution in [0, 0.1) is 5.41 Å². The second kappa shape index (κ2) is 5.10. The summed E-state index contributed by atoms with van der Waals surface area (Å²) in [5.74, 6) is 1.60. The first kappa shape index (κ1) is 13.7. The minimum atomic E-state index is -2.79. The first-order valence-electron chi connectivity index (χ1n) is 6.52. The zero-order valence-corrected chi connectivity index (χ0v) is 12.3. The van der Waals surface area contributed by atoms with Crippen LogP contribution >= 0.6 is 12.6 Å². The zero-order chi connectivity index (χ0) is 12.5. The summed E-state index contributed by atoms with van der Waals surface area (Å²) in [5, 5.41) is 0. The van der Waals surface area contributed by atoms with Crippen molar-refractivity contribution in [3.05, 3.63) is 0 Å². The fraction of sp³-hybridized carbons (Fsp3) is 1.00. The Hall–Kier alpha value is 0.260. The van der Waals surface area contributed by atoms with Gasteiger partial charge in [0.15, 0.2) is 9.84 Å². The van der Waals surface area contributed by atoms with Gasteiger partial charge in [0.1, 0.15) is 0 Å². The van der Waals surface area contributed by atoms with Crippen LogP contribution in [0.1, 0.15) is 32.6 Å². The van der Waals surface area contributed by atoms with Crippen LogP contribution < -0.4 is 0 Å². The molecule has 1 saturated heterocycles. The number of hydrogen-bond donors (Lipinski definition) is 1. The molecule has 100 valence electrons. The third-order valence-corrected chi connectivity index (χ3v) is 6.81. The van der Waals surface area contributed by atoms with Gasteiger partial charge in [-0.15, -0.1) is 0 Å². The van der Waals surface area contributed by atoms with E-state index in [2.05, 4.69) is 17.5 Å². The molecule has 1 atom stereocenters. The summed E-state index contributed by atoms with van der Waals surface area (Å²) >= 11 is 4.52. The van der Waals surface area contributed by atoms with Crippen LogP contribution in [0.25, 0.3) is 0 Å². The van der Waals surface area contributed by atoms with Crippen molar-refractivity contribution in [2.45, 2.75) is 38.6 Å². The minimum absolute atomic E-state index is 0.172. The maximum atomic E-state index is 11.6. The molecule has 1 saturated carbocycles. The summed E-state index contributed by atoms with van der Waals surface area (Å²) in [6.45, 7) is 3.78. The molecule has 2 rings (SSSR count). The van der Waals surface area contributed by atoms with Gasteiger partial charge < -0.3 is 0 Å². The molecule has 2 aliphatic rings.